The fraction of sp³-hybridized carbons (Fsp3) is 0.444. The van der Waals surface area contributed by atoms with E-state index in [-0.39, 0.29) is 6.10 Å². The van der Waals surface area contributed by atoms with Crippen LogP contribution in [0, 0.1) is 0 Å². The predicted octanol–water partition coefficient (Wildman–Crippen LogP) is 4.29. The number of nitrogens with zero attached hydrogens (tertiary/aromatic N) is 2. The summed E-state index contributed by atoms with van der Waals surface area (Å²) >= 11 is 0. The first-order chi connectivity index (χ1) is 10.7. The lowest BCUT2D eigenvalue weighted by Gasteiger charge is -2.12. The third-order valence-corrected chi connectivity index (χ3v) is 3.90. The van der Waals surface area contributed by atoms with Crippen molar-refractivity contribution >= 4 is 5.95 Å². The van der Waals surface area contributed by atoms with Gasteiger partial charge in [0.2, 0.25) is 5.95 Å². The van der Waals surface area contributed by atoms with Crippen molar-refractivity contribution in [2.45, 2.75) is 51.7 Å². The molecule has 1 aromatic carbocycles. The first-order valence-electron chi connectivity index (χ1n) is 8.06. The quantitative estimate of drug-likeness (QED) is 0.894. The van der Waals surface area contributed by atoms with E-state index in [4.69, 9.17) is 4.74 Å². The third kappa shape index (κ3) is 3.75. The molecule has 0 unspecified atom stereocenters. The molecule has 22 heavy (non-hydrogen) atoms. The molecule has 116 valence electrons. The van der Waals surface area contributed by atoms with Crippen LogP contribution in [-0.4, -0.2) is 22.1 Å². The number of nitrogens with one attached hydrogen (secondary N) is 1. The van der Waals surface area contributed by atoms with Gasteiger partial charge in [-0.2, -0.15) is 0 Å². The van der Waals surface area contributed by atoms with Crippen LogP contribution in [0.3, 0.4) is 0 Å². The highest BCUT2D eigenvalue weighted by atomic mass is 16.5. The Morgan fingerprint density at radius 3 is 2.23 bits per heavy atom. The van der Waals surface area contributed by atoms with Gasteiger partial charge in [0.1, 0.15) is 5.75 Å². The van der Waals surface area contributed by atoms with Crippen LogP contribution < -0.4 is 10.1 Å². The van der Waals surface area contributed by atoms with Crippen molar-refractivity contribution in [2.75, 3.05) is 5.32 Å². The van der Waals surface area contributed by atoms with E-state index in [1.807, 2.05) is 50.5 Å². The summed E-state index contributed by atoms with van der Waals surface area (Å²) in [5.74, 6) is 1.62. The van der Waals surface area contributed by atoms with Crippen LogP contribution >= 0.6 is 0 Å². The van der Waals surface area contributed by atoms with Gasteiger partial charge in [-0.25, -0.2) is 9.97 Å². The number of rotatable bonds is 5. The van der Waals surface area contributed by atoms with Crippen LogP contribution in [0.2, 0.25) is 0 Å². The second-order valence-electron chi connectivity index (χ2n) is 6.11. The van der Waals surface area contributed by atoms with Crippen LogP contribution in [-0.2, 0) is 0 Å². The number of benzene rings is 1. The van der Waals surface area contributed by atoms with Gasteiger partial charge < -0.3 is 10.1 Å². The van der Waals surface area contributed by atoms with Crippen molar-refractivity contribution in [3.05, 3.63) is 36.7 Å². The fourth-order valence-corrected chi connectivity index (χ4v) is 2.80. The molecular formula is C18H23N3O. The second-order valence-corrected chi connectivity index (χ2v) is 6.11. The van der Waals surface area contributed by atoms with Crippen molar-refractivity contribution in [3.63, 3.8) is 0 Å². The Labute approximate surface area is 132 Å². The normalized spacial score (nSPS) is 15.2. The van der Waals surface area contributed by atoms with Crippen molar-refractivity contribution < 1.29 is 4.74 Å². The van der Waals surface area contributed by atoms with Gasteiger partial charge in [0.05, 0.1) is 6.10 Å². The summed E-state index contributed by atoms with van der Waals surface area (Å²) in [6, 6.07) is 8.60. The van der Waals surface area contributed by atoms with Gasteiger partial charge in [-0.1, -0.05) is 25.0 Å². The standard InChI is InChI=1S/C18H23N3O/c1-13(2)22-17-9-7-14(8-10-17)15-11-19-18(20-12-15)21-16-5-3-4-6-16/h7-13,16H,3-6H2,1-2H3,(H,19,20,21). The van der Waals surface area contributed by atoms with Gasteiger partial charge in [0, 0.05) is 24.0 Å². The van der Waals surface area contributed by atoms with Gasteiger partial charge in [0.25, 0.3) is 0 Å². The number of ether oxygens (including phenoxy) is 1. The highest BCUT2D eigenvalue weighted by molar-refractivity contribution is 5.62. The van der Waals surface area contributed by atoms with Gasteiger partial charge in [0.15, 0.2) is 0 Å². The largest absolute Gasteiger partial charge is 0.491 e. The Morgan fingerprint density at radius 1 is 1.00 bits per heavy atom. The molecule has 0 aliphatic heterocycles. The lowest BCUT2D eigenvalue weighted by Crippen LogP contribution is -2.16. The molecule has 2 aromatic rings. The Balaban J connectivity index is 1.66. The van der Waals surface area contributed by atoms with Gasteiger partial charge in [-0.15, -0.1) is 0 Å². The molecule has 4 heteroatoms. The van der Waals surface area contributed by atoms with E-state index in [1.165, 1.54) is 25.7 Å². The molecule has 1 aliphatic carbocycles. The number of anilines is 1. The minimum Gasteiger partial charge on any atom is -0.491 e. The van der Waals surface area contributed by atoms with E-state index >= 15 is 0 Å². The van der Waals surface area contributed by atoms with Gasteiger partial charge in [-0.05, 0) is 44.4 Å². The molecule has 1 aromatic heterocycles. The molecule has 0 amide bonds. The van der Waals surface area contributed by atoms with E-state index in [1.54, 1.807) is 0 Å². The first kappa shape index (κ1) is 14.8. The lowest BCUT2D eigenvalue weighted by molar-refractivity contribution is 0.242. The molecule has 4 nitrogen and oxygen atoms in total. The number of aromatic nitrogens is 2. The molecule has 1 fully saturated rings. The number of hydrogen-bond donors (Lipinski definition) is 1. The Hall–Kier alpha value is -2.10. The second kappa shape index (κ2) is 6.77. The lowest BCUT2D eigenvalue weighted by atomic mass is 10.1. The molecule has 1 N–H and O–H groups in total. The zero-order chi connectivity index (χ0) is 15.4. The molecule has 1 saturated carbocycles. The minimum absolute atomic E-state index is 0.190. The zero-order valence-electron chi connectivity index (χ0n) is 13.2. The monoisotopic (exact) mass is 297 g/mol. The molecule has 1 aliphatic rings. The predicted molar refractivity (Wildman–Crippen MR) is 89.1 cm³/mol. The Bertz CT molecular complexity index is 587. The summed E-state index contributed by atoms with van der Waals surface area (Å²) in [5, 5.41) is 3.41. The van der Waals surface area contributed by atoms with E-state index in [9.17, 15) is 0 Å². The van der Waals surface area contributed by atoms with Crippen LogP contribution in [0.4, 0.5) is 5.95 Å². The van der Waals surface area contributed by atoms with Crippen LogP contribution in [0.25, 0.3) is 11.1 Å². The molecule has 0 spiro atoms. The molecule has 0 radical (unpaired) electrons. The van der Waals surface area contributed by atoms with Crippen molar-refractivity contribution in [3.8, 4) is 16.9 Å². The number of hydrogen-bond acceptors (Lipinski definition) is 4. The summed E-state index contributed by atoms with van der Waals surface area (Å²) in [6.45, 7) is 4.05. The fourth-order valence-electron chi connectivity index (χ4n) is 2.80. The van der Waals surface area contributed by atoms with Crippen molar-refractivity contribution in [1.82, 2.24) is 9.97 Å². The Kier molecular flexibility index (Phi) is 4.56. The molecule has 3 rings (SSSR count). The van der Waals surface area contributed by atoms with E-state index in [2.05, 4.69) is 15.3 Å². The summed E-state index contributed by atoms with van der Waals surface area (Å²) in [4.78, 5) is 8.87. The van der Waals surface area contributed by atoms with E-state index < -0.39 is 0 Å². The molecular weight excluding hydrogens is 274 g/mol. The average molecular weight is 297 g/mol. The van der Waals surface area contributed by atoms with Gasteiger partial charge >= 0.3 is 0 Å². The SMILES string of the molecule is CC(C)Oc1ccc(-c2cnc(NC3CCCC3)nc2)cc1. The molecule has 1 heterocycles. The maximum atomic E-state index is 5.66. The molecule has 0 atom stereocenters. The van der Waals surface area contributed by atoms with Gasteiger partial charge in [-0.3, -0.25) is 0 Å². The molecule has 0 saturated heterocycles. The van der Waals surface area contributed by atoms with Crippen LogP contribution in [0.5, 0.6) is 5.75 Å². The average Bonchev–Trinajstić information content (AvgIpc) is 3.01. The van der Waals surface area contributed by atoms with E-state index in [0.717, 1.165) is 22.8 Å². The van der Waals surface area contributed by atoms with Crippen LogP contribution in [0.1, 0.15) is 39.5 Å². The highest BCUT2D eigenvalue weighted by Crippen LogP contribution is 2.24. The summed E-state index contributed by atoms with van der Waals surface area (Å²) in [7, 11) is 0. The maximum Gasteiger partial charge on any atom is 0.222 e. The zero-order valence-corrected chi connectivity index (χ0v) is 13.2. The summed E-state index contributed by atoms with van der Waals surface area (Å²) in [5.41, 5.74) is 2.12. The topological polar surface area (TPSA) is 47.0 Å². The summed E-state index contributed by atoms with van der Waals surface area (Å²) < 4.78 is 5.66. The maximum absolute atomic E-state index is 5.66. The van der Waals surface area contributed by atoms with Crippen molar-refractivity contribution in [2.24, 2.45) is 0 Å². The van der Waals surface area contributed by atoms with E-state index in [0.29, 0.717) is 6.04 Å². The smallest absolute Gasteiger partial charge is 0.222 e. The Morgan fingerprint density at radius 2 is 1.64 bits per heavy atom. The third-order valence-electron chi connectivity index (χ3n) is 3.90. The summed E-state index contributed by atoms with van der Waals surface area (Å²) in [6.07, 6.45) is 9.01. The van der Waals surface area contributed by atoms with Crippen molar-refractivity contribution in [1.29, 1.82) is 0 Å². The first-order valence-corrected chi connectivity index (χ1v) is 8.06. The minimum atomic E-state index is 0.190. The van der Waals surface area contributed by atoms with Crippen LogP contribution in [0.15, 0.2) is 36.7 Å². The highest BCUT2D eigenvalue weighted by Gasteiger charge is 2.15. The molecule has 0 bridgehead atoms.